The lowest BCUT2D eigenvalue weighted by atomic mass is 9.91. The molecule has 0 aliphatic rings. The van der Waals surface area contributed by atoms with E-state index in [1.54, 1.807) is 6.07 Å². The standard InChI is InChI=1S/C13H11F7O/c1-10(21,8-7-9-5-3-2-4-6-9)11(14,15)12(16,17)13(18,19)20/h2-8,21H,1H3. The van der Waals surface area contributed by atoms with Crippen molar-refractivity contribution < 1.29 is 35.8 Å². The number of alkyl halides is 7. The van der Waals surface area contributed by atoms with Gasteiger partial charge in [0.05, 0.1) is 0 Å². The first-order chi connectivity index (χ1) is 9.33. The second kappa shape index (κ2) is 5.32. The smallest absolute Gasteiger partial charge is 0.379 e. The predicted octanol–water partition coefficient (Wildman–Crippen LogP) is 4.28. The Labute approximate surface area is 115 Å². The molecule has 8 heteroatoms. The molecule has 0 fully saturated rings. The van der Waals surface area contributed by atoms with E-state index in [4.69, 9.17) is 0 Å². The maximum atomic E-state index is 13.4. The third-order valence-electron chi connectivity index (χ3n) is 2.79. The highest BCUT2D eigenvalue weighted by Gasteiger charge is 2.78. The van der Waals surface area contributed by atoms with Crippen molar-refractivity contribution >= 4 is 6.08 Å². The van der Waals surface area contributed by atoms with Gasteiger partial charge in [-0.05, 0) is 18.6 Å². The minimum atomic E-state index is -6.49. The van der Waals surface area contributed by atoms with Crippen molar-refractivity contribution in [3.8, 4) is 0 Å². The molecular weight excluding hydrogens is 305 g/mol. The second-order valence-corrected chi connectivity index (χ2v) is 4.54. The fourth-order valence-electron chi connectivity index (χ4n) is 1.42. The van der Waals surface area contributed by atoms with Gasteiger partial charge in [0.15, 0.2) is 5.60 Å². The molecule has 1 nitrogen and oxygen atoms in total. The van der Waals surface area contributed by atoms with Gasteiger partial charge in [0.25, 0.3) is 0 Å². The van der Waals surface area contributed by atoms with Crippen LogP contribution >= 0.6 is 0 Å². The SMILES string of the molecule is CC(O)(C=Cc1ccccc1)C(F)(F)C(F)(F)C(F)(F)F. The fourth-order valence-corrected chi connectivity index (χ4v) is 1.42. The quantitative estimate of drug-likeness (QED) is 0.822. The summed E-state index contributed by atoms with van der Waals surface area (Å²) in [5, 5.41) is 9.39. The van der Waals surface area contributed by atoms with E-state index in [1.165, 1.54) is 24.3 Å². The van der Waals surface area contributed by atoms with Crippen LogP contribution in [0.15, 0.2) is 36.4 Å². The van der Waals surface area contributed by atoms with Crippen LogP contribution in [-0.4, -0.2) is 28.7 Å². The average Bonchev–Trinajstić information content (AvgIpc) is 2.36. The maximum absolute atomic E-state index is 13.4. The molecule has 1 N–H and O–H groups in total. The molecule has 0 heterocycles. The minimum Gasteiger partial charge on any atom is -0.379 e. The van der Waals surface area contributed by atoms with Crippen LogP contribution in [0.5, 0.6) is 0 Å². The van der Waals surface area contributed by atoms with Gasteiger partial charge in [-0.25, -0.2) is 0 Å². The summed E-state index contributed by atoms with van der Waals surface area (Å²) < 4.78 is 88.7. The highest BCUT2D eigenvalue weighted by molar-refractivity contribution is 5.50. The highest BCUT2D eigenvalue weighted by atomic mass is 19.4. The zero-order valence-electron chi connectivity index (χ0n) is 10.6. The van der Waals surface area contributed by atoms with Gasteiger partial charge in [0, 0.05) is 0 Å². The topological polar surface area (TPSA) is 20.2 Å². The van der Waals surface area contributed by atoms with Crippen LogP contribution in [0.1, 0.15) is 12.5 Å². The average molecular weight is 316 g/mol. The molecule has 0 amide bonds. The van der Waals surface area contributed by atoms with Crippen LogP contribution in [0.3, 0.4) is 0 Å². The van der Waals surface area contributed by atoms with Crippen molar-refractivity contribution in [3.05, 3.63) is 42.0 Å². The van der Waals surface area contributed by atoms with Crippen molar-refractivity contribution in [1.29, 1.82) is 0 Å². The number of hydrogen-bond acceptors (Lipinski definition) is 1. The summed E-state index contributed by atoms with van der Waals surface area (Å²) >= 11 is 0. The molecule has 21 heavy (non-hydrogen) atoms. The van der Waals surface area contributed by atoms with E-state index in [2.05, 4.69) is 0 Å². The Bertz CT molecular complexity index is 503. The maximum Gasteiger partial charge on any atom is 0.460 e. The van der Waals surface area contributed by atoms with Gasteiger partial charge < -0.3 is 5.11 Å². The summed E-state index contributed by atoms with van der Waals surface area (Å²) in [6, 6.07) is 7.37. The van der Waals surface area contributed by atoms with E-state index in [0.29, 0.717) is 0 Å². The van der Waals surface area contributed by atoms with Crippen molar-refractivity contribution in [2.45, 2.75) is 30.5 Å². The van der Waals surface area contributed by atoms with Crippen LogP contribution in [-0.2, 0) is 0 Å². The normalized spacial score (nSPS) is 17.0. The first-order valence-electron chi connectivity index (χ1n) is 5.62. The zero-order valence-corrected chi connectivity index (χ0v) is 10.6. The fraction of sp³-hybridized carbons (Fsp3) is 0.385. The molecule has 1 atom stereocenters. The van der Waals surface area contributed by atoms with Crippen LogP contribution in [0.2, 0.25) is 0 Å². The van der Waals surface area contributed by atoms with Gasteiger partial charge in [-0.15, -0.1) is 0 Å². The Hall–Kier alpha value is -1.57. The lowest BCUT2D eigenvalue weighted by molar-refractivity contribution is -0.379. The Balaban J connectivity index is 3.14. The molecule has 0 aliphatic heterocycles. The Kier molecular flexibility index (Phi) is 4.43. The summed E-state index contributed by atoms with van der Waals surface area (Å²) in [5.74, 6) is -12.1. The summed E-state index contributed by atoms with van der Waals surface area (Å²) in [4.78, 5) is 0. The summed E-state index contributed by atoms with van der Waals surface area (Å²) in [5.41, 5.74) is -3.44. The molecule has 0 spiro atoms. The lowest BCUT2D eigenvalue weighted by Crippen LogP contribution is -2.62. The van der Waals surface area contributed by atoms with E-state index < -0.39 is 23.6 Å². The number of hydrogen-bond donors (Lipinski definition) is 1. The van der Waals surface area contributed by atoms with Gasteiger partial charge in [-0.2, -0.15) is 30.7 Å². The third-order valence-corrected chi connectivity index (χ3v) is 2.79. The molecule has 0 radical (unpaired) electrons. The van der Waals surface area contributed by atoms with Crippen molar-refractivity contribution in [3.63, 3.8) is 0 Å². The van der Waals surface area contributed by atoms with Gasteiger partial charge in [0.1, 0.15) is 0 Å². The molecular formula is C13H11F7O. The van der Waals surface area contributed by atoms with E-state index in [1.807, 2.05) is 0 Å². The first kappa shape index (κ1) is 17.5. The Morgan fingerprint density at radius 1 is 0.857 bits per heavy atom. The first-order valence-corrected chi connectivity index (χ1v) is 5.62. The number of rotatable bonds is 4. The molecule has 0 saturated carbocycles. The molecule has 1 unspecified atom stereocenters. The Morgan fingerprint density at radius 2 is 1.33 bits per heavy atom. The predicted molar refractivity (Wildman–Crippen MR) is 62.0 cm³/mol. The second-order valence-electron chi connectivity index (χ2n) is 4.54. The number of benzene rings is 1. The molecule has 0 saturated heterocycles. The van der Waals surface area contributed by atoms with Crippen molar-refractivity contribution in [2.24, 2.45) is 0 Å². The number of halogens is 7. The summed E-state index contributed by atoms with van der Waals surface area (Å²) in [6.07, 6.45) is -5.44. The molecule has 0 aliphatic carbocycles. The van der Waals surface area contributed by atoms with Gasteiger partial charge >= 0.3 is 18.0 Å². The van der Waals surface area contributed by atoms with Crippen LogP contribution in [0, 0.1) is 0 Å². The van der Waals surface area contributed by atoms with E-state index in [9.17, 15) is 35.8 Å². The number of aliphatic hydroxyl groups is 1. The summed E-state index contributed by atoms with van der Waals surface area (Å²) in [6.45, 7) is 0.187. The molecule has 1 aromatic rings. The van der Waals surface area contributed by atoms with Crippen LogP contribution in [0.4, 0.5) is 30.7 Å². The largest absolute Gasteiger partial charge is 0.460 e. The van der Waals surface area contributed by atoms with Crippen LogP contribution in [0.25, 0.3) is 6.08 Å². The zero-order chi connectivity index (χ0) is 16.5. The minimum absolute atomic E-state index is 0.187. The van der Waals surface area contributed by atoms with Gasteiger partial charge in [-0.1, -0.05) is 36.4 Å². The van der Waals surface area contributed by atoms with Crippen molar-refractivity contribution in [2.75, 3.05) is 0 Å². The summed E-state index contributed by atoms with van der Waals surface area (Å²) in [7, 11) is 0. The lowest BCUT2D eigenvalue weighted by Gasteiger charge is -2.36. The van der Waals surface area contributed by atoms with E-state index >= 15 is 0 Å². The van der Waals surface area contributed by atoms with E-state index in [0.717, 1.165) is 6.08 Å². The van der Waals surface area contributed by atoms with Crippen LogP contribution < -0.4 is 0 Å². The Morgan fingerprint density at radius 3 is 1.76 bits per heavy atom. The third kappa shape index (κ3) is 3.20. The van der Waals surface area contributed by atoms with Gasteiger partial charge in [-0.3, -0.25) is 0 Å². The van der Waals surface area contributed by atoms with Gasteiger partial charge in [0.2, 0.25) is 0 Å². The molecule has 1 aromatic carbocycles. The molecule has 0 aromatic heterocycles. The highest BCUT2D eigenvalue weighted by Crippen LogP contribution is 2.51. The molecule has 1 rings (SSSR count). The van der Waals surface area contributed by atoms with Crippen molar-refractivity contribution in [1.82, 2.24) is 0 Å². The molecule has 0 bridgehead atoms. The monoisotopic (exact) mass is 316 g/mol. The molecule has 118 valence electrons. The van der Waals surface area contributed by atoms with E-state index in [-0.39, 0.29) is 18.6 Å².